The zero-order valence-electron chi connectivity index (χ0n) is 13.0. The van der Waals surface area contributed by atoms with E-state index in [-0.39, 0.29) is 6.54 Å². The van der Waals surface area contributed by atoms with Crippen molar-refractivity contribution in [2.45, 2.75) is 45.1 Å². The molecule has 22 heavy (non-hydrogen) atoms. The molecule has 1 amide bonds. The zero-order chi connectivity index (χ0) is 17.3. The van der Waals surface area contributed by atoms with Gasteiger partial charge in [0.25, 0.3) is 0 Å². The molecule has 8 heteroatoms. The summed E-state index contributed by atoms with van der Waals surface area (Å²) in [5.74, 6) is -1.81. The minimum Gasteiger partial charge on any atom is -0.479 e. The van der Waals surface area contributed by atoms with E-state index in [4.69, 9.17) is 0 Å². The van der Waals surface area contributed by atoms with Gasteiger partial charge in [-0.1, -0.05) is 6.08 Å². The van der Waals surface area contributed by atoms with E-state index in [9.17, 15) is 24.3 Å². The number of amides is 1. The third-order valence-corrected chi connectivity index (χ3v) is 2.87. The van der Waals surface area contributed by atoms with E-state index < -0.39 is 36.2 Å². The Bertz CT molecular complexity index is 427. The summed E-state index contributed by atoms with van der Waals surface area (Å²) in [6, 6.07) is -2.05. The molecule has 0 aromatic heterocycles. The molecule has 0 rings (SSSR count). The molecule has 0 aliphatic rings. The van der Waals surface area contributed by atoms with E-state index in [1.54, 1.807) is 6.92 Å². The summed E-state index contributed by atoms with van der Waals surface area (Å²) in [6.07, 6.45) is 1.20. The van der Waals surface area contributed by atoms with Gasteiger partial charge in [-0.3, -0.25) is 15.4 Å². The third-order valence-electron chi connectivity index (χ3n) is 2.87. The Hall–Kier alpha value is -2.06. The molecule has 0 unspecified atom stereocenters. The number of carbonyl (C=O) groups is 4. The largest absolute Gasteiger partial charge is 0.479 e. The van der Waals surface area contributed by atoms with Gasteiger partial charge in [-0.25, -0.2) is 4.79 Å². The van der Waals surface area contributed by atoms with Crippen molar-refractivity contribution < 1.29 is 24.3 Å². The number of nitrogens with zero attached hydrogens (tertiary/aromatic N) is 1. The first-order chi connectivity index (χ1) is 10.3. The van der Waals surface area contributed by atoms with Crippen LogP contribution >= 0.6 is 0 Å². The Morgan fingerprint density at radius 2 is 1.64 bits per heavy atom. The smallest absolute Gasteiger partial charge is 0.341 e. The number of carboxylic acids is 1. The van der Waals surface area contributed by atoms with E-state index in [0.717, 1.165) is 4.90 Å². The van der Waals surface area contributed by atoms with Crippen LogP contribution in [0.1, 0.15) is 20.8 Å². The molecule has 8 nitrogen and oxygen atoms in total. The molecule has 0 saturated heterocycles. The summed E-state index contributed by atoms with van der Waals surface area (Å²) in [4.78, 5) is 46.2. The maximum Gasteiger partial charge on any atom is 0.341 e. The molecule has 0 bridgehead atoms. The van der Waals surface area contributed by atoms with Crippen molar-refractivity contribution in [3.05, 3.63) is 12.7 Å². The van der Waals surface area contributed by atoms with E-state index in [1.165, 1.54) is 19.9 Å². The number of carbonyl (C=O) groups excluding carboxylic acids is 3. The predicted octanol–water partition coefficient (Wildman–Crippen LogP) is -0.846. The third kappa shape index (κ3) is 6.15. The number of aldehydes is 2. The molecule has 0 fully saturated rings. The van der Waals surface area contributed by atoms with Crippen LogP contribution in [0.3, 0.4) is 0 Å². The molecule has 0 spiro atoms. The summed E-state index contributed by atoms with van der Waals surface area (Å²) >= 11 is 0. The summed E-state index contributed by atoms with van der Waals surface area (Å²) < 4.78 is 0. The standard InChI is InChI=1S/C14H23N3O5/c1-5-6-17(12(14(21)22)16-10(3)8-19)13(20)11(4)15-9(2)7-18/h5,7-12,15-16H,1,6H2,2-4H3,(H,21,22)/t9-,10-,11+,12+/m0/s1. The SMILES string of the molecule is C=CCN(C(=O)[C@@H](C)N[C@@H](C)C=O)[C@@H](N[C@@H](C)C=O)C(=O)O. The summed E-state index contributed by atoms with van der Waals surface area (Å²) in [5.41, 5.74) is 0. The number of rotatable bonds is 11. The van der Waals surface area contributed by atoms with Gasteiger partial charge in [0.1, 0.15) is 12.6 Å². The minimum atomic E-state index is -1.37. The predicted molar refractivity (Wildman–Crippen MR) is 80.1 cm³/mol. The first-order valence-corrected chi connectivity index (χ1v) is 6.85. The van der Waals surface area contributed by atoms with Crippen molar-refractivity contribution in [2.24, 2.45) is 0 Å². The topological polar surface area (TPSA) is 116 Å². The second kappa shape index (κ2) is 9.80. The molecule has 3 N–H and O–H groups in total. The molecule has 0 heterocycles. The van der Waals surface area contributed by atoms with Crippen molar-refractivity contribution >= 4 is 24.4 Å². The van der Waals surface area contributed by atoms with E-state index in [1.807, 2.05) is 0 Å². The van der Waals surface area contributed by atoms with Gasteiger partial charge in [0.15, 0.2) is 6.17 Å². The zero-order valence-corrected chi connectivity index (χ0v) is 13.0. The Kier molecular flexibility index (Phi) is 8.88. The monoisotopic (exact) mass is 313 g/mol. The van der Waals surface area contributed by atoms with Crippen LogP contribution in [0.5, 0.6) is 0 Å². The van der Waals surface area contributed by atoms with Crippen LogP contribution in [0.4, 0.5) is 0 Å². The molecule has 0 aliphatic carbocycles. The van der Waals surface area contributed by atoms with Gasteiger partial charge in [0, 0.05) is 6.54 Å². The van der Waals surface area contributed by atoms with Gasteiger partial charge in [-0.05, 0) is 20.8 Å². The Balaban J connectivity index is 5.23. The van der Waals surface area contributed by atoms with Gasteiger partial charge in [0.05, 0.1) is 18.1 Å². The van der Waals surface area contributed by atoms with Crippen molar-refractivity contribution in [1.82, 2.24) is 15.5 Å². The molecule has 0 aromatic rings. The fourth-order valence-electron chi connectivity index (χ4n) is 1.80. The number of carboxylic acid groups (broad SMARTS) is 1. The van der Waals surface area contributed by atoms with Gasteiger partial charge >= 0.3 is 5.97 Å². The second-order valence-electron chi connectivity index (χ2n) is 4.92. The Morgan fingerprint density at radius 3 is 2.05 bits per heavy atom. The van der Waals surface area contributed by atoms with Crippen molar-refractivity contribution in [1.29, 1.82) is 0 Å². The second-order valence-corrected chi connectivity index (χ2v) is 4.92. The molecular weight excluding hydrogens is 290 g/mol. The lowest BCUT2D eigenvalue weighted by molar-refractivity contribution is -0.152. The number of hydrogen-bond acceptors (Lipinski definition) is 6. The Morgan fingerprint density at radius 1 is 1.14 bits per heavy atom. The molecule has 124 valence electrons. The van der Waals surface area contributed by atoms with Gasteiger partial charge in [-0.2, -0.15) is 0 Å². The fourth-order valence-corrected chi connectivity index (χ4v) is 1.80. The van der Waals surface area contributed by atoms with E-state index >= 15 is 0 Å². The first-order valence-electron chi connectivity index (χ1n) is 6.85. The van der Waals surface area contributed by atoms with Crippen LogP contribution in [-0.2, 0) is 19.2 Å². The van der Waals surface area contributed by atoms with Gasteiger partial charge in [0.2, 0.25) is 5.91 Å². The maximum absolute atomic E-state index is 12.4. The summed E-state index contributed by atoms with van der Waals surface area (Å²) in [6.45, 7) is 8.07. The van der Waals surface area contributed by atoms with Crippen LogP contribution in [0.2, 0.25) is 0 Å². The van der Waals surface area contributed by atoms with Crippen LogP contribution in [-0.4, -0.2) is 65.3 Å². The lowest BCUT2D eigenvalue weighted by Crippen LogP contribution is -2.60. The van der Waals surface area contributed by atoms with Crippen molar-refractivity contribution in [3.8, 4) is 0 Å². The quantitative estimate of drug-likeness (QED) is 0.258. The highest BCUT2D eigenvalue weighted by Gasteiger charge is 2.32. The number of nitrogens with one attached hydrogen (secondary N) is 2. The Labute approximate surface area is 129 Å². The van der Waals surface area contributed by atoms with Gasteiger partial charge in [-0.15, -0.1) is 6.58 Å². The average molecular weight is 313 g/mol. The highest BCUT2D eigenvalue weighted by Crippen LogP contribution is 2.04. The van der Waals surface area contributed by atoms with Crippen LogP contribution < -0.4 is 10.6 Å². The van der Waals surface area contributed by atoms with E-state index in [2.05, 4.69) is 17.2 Å². The van der Waals surface area contributed by atoms with Crippen molar-refractivity contribution in [3.63, 3.8) is 0 Å². The first kappa shape index (κ1) is 19.9. The highest BCUT2D eigenvalue weighted by molar-refractivity contribution is 5.87. The van der Waals surface area contributed by atoms with Crippen LogP contribution in [0.15, 0.2) is 12.7 Å². The molecular formula is C14H23N3O5. The van der Waals surface area contributed by atoms with Crippen LogP contribution in [0.25, 0.3) is 0 Å². The fraction of sp³-hybridized carbons (Fsp3) is 0.571. The lowest BCUT2D eigenvalue weighted by atomic mass is 10.2. The maximum atomic E-state index is 12.4. The number of hydrogen-bond donors (Lipinski definition) is 3. The van der Waals surface area contributed by atoms with E-state index in [0.29, 0.717) is 12.6 Å². The molecule has 0 saturated carbocycles. The minimum absolute atomic E-state index is 0.0180. The molecule has 0 aromatic carbocycles. The molecule has 0 aliphatic heterocycles. The van der Waals surface area contributed by atoms with Gasteiger partial charge < -0.3 is 19.6 Å². The molecule has 4 atom stereocenters. The lowest BCUT2D eigenvalue weighted by Gasteiger charge is -2.32. The normalized spacial score (nSPS) is 16.0. The average Bonchev–Trinajstić information content (AvgIpc) is 2.49. The highest BCUT2D eigenvalue weighted by atomic mass is 16.4. The van der Waals surface area contributed by atoms with Crippen LogP contribution in [0, 0.1) is 0 Å². The van der Waals surface area contributed by atoms with Crippen molar-refractivity contribution in [2.75, 3.05) is 6.54 Å². The molecule has 0 radical (unpaired) electrons. The summed E-state index contributed by atoms with van der Waals surface area (Å²) in [5, 5.41) is 14.6. The summed E-state index contributed by atoms with van der Waals surface area (Å²) in [7, 11) is 0. The number of aliphatic carboxylic acids is 1.